The second kappa shape index (κ2) is 5.00. The molecule has 72 valence electrons. The van der Waals surface area contributed by atoms with Gasteiger partial charge in [-0.25, -0.2) is 0 Å². The van der Waals surface area contributed by atoms with Gasteiger partial charge < -0.3 is 0 Å². The lowest BCUT2D eigenvalue weighted by Crippen LogP contribution is -2.21. The summed E-state index contributed by atoms with van der Waals surface area (Å²) in [6, 6.07) is 0. The fourth-order valence-corrected chi connectivity index (χ4v) is 1.94. The van der Waals surface area contributed by atoms with E-state index in [4.69, 9.17) is 0 Å². The summed E-state index contributed by atoms with van der Waals surface area (Å²) in [7, 11) is 0. The predicted molar refractivity (Wildman–Crippen MR) is 55.5 cm³/mol. The van der Waals surface area contributed by atoms with Gasteiger partial charge in [-0.15, -0.1) is 0 Å². The van der Waals surface area contributed by atoms with Crippen molar-refractivity contribution < 1.29 is 4.79 Å². The zero-order valence-corrected chi connectivity index (χ0v) is 8.49. The molecule has 1 rings (SSSR count). The minimum Gasteiger partial charge on any atom is -0.294 e. The van der Waals surface area contributed by atoms with Crippen LogP contribution >= 0.6 is 0 Å². The van der Waals surface area contributed by atoms with Gasteiger partial charge in [0.2, 0.25) is 0 Å². The lowest BCUT2D eigenvalue weighted by atomic mass is 9.82. The number of carbonyl (C=O) groups is 1. The van der Waals surface area contributed by atoms with Crippen molar-refractivity contribution in [3.8, 4) is 0 Å². The van der Waals surface area contributed by atoms with Crippen molar-refractivity contribution in [2.45, 2.75) is 33.1 Å². The first-order chi connectivity index (χ1) is 6.29. The predicted octanol–water partition coefficient (Wildman–Crippen LogP) is 3.12. The van der Waals surface area contributed by atoms with Crippen molar-refractivity contribution in [2.24, 2.45) is 11.8 Å². The summed E-state index contributed by atoms with van der Waals surface area (Å²) in [5, 5.41) is 0. The number of ketones is 1. The molecule has 0 aromatic rings. The largest absolute Gasteiger partial charge is 0.294 e. The average molecular weight is 178 g/mol. The van der Waals surface area contributed by atoms with Crippen molar-refractivity contribution >= 4 is 5.78 Å². The molecule has 0 radical (unpaired) electrons. The summed E-state index contributed by atoms with van der Waals surface area (Å²) in [6.45, 7) is 4.34. The molecular formula is C12H18O. The molecule has 0 fully saturated rings. The van der Waals surface area contributed by atoms with E-state index < -0.39 is 0 Å². The normalized spacial score (nSPS) is 23.5. The monoisotopic (exact) mass is 178 g/mol. The van der Waals surface area contributed by atoms with E-state index in [0.717, 1.165) is 12.8 Å². The minimum absolute atomic E-state index is 0.148. The number of allylic oxidation sites excluding steroid dienone is 4. The second-order valence-electron chi connectivity index (χ2n) is 3.63. The molecule has 0 bridgehead atoms. The Labute approximate surface area is 80.5 Å². The first-order valence-corrected chi connectivity index (χ1v) is 5.18. The SMILES string of the molecule is CCCC(CC)C1C=CC=CC1=O. The van der Waals surface area contributed by atoms with Gasteiger partial charge in [0.05, 0.1) is 0 Å². The number of carbonyl (C=O) groups excluding carboxylic acids is 1. The van der Waals surface area contributed by atoms with Gasteiger partial charge in [-0.1, -0.05) is 44.9 Å². The molecule has 0 N–H and O–H groups in total. The maximum atomic E-state index is 11.5. The van der Waals surface area contributed by atoms with Crippen LogP contribution in [0.4, 0.5) is 0 Å². The number of hydrogen-bond donors (Lipinski definition) is 0. The molecule has 0 heterocycles. The minimum atomic E-state index is 0.148. The molecule has 1 aliphatic carbocycles. The van der Waals surface area contributed by atoms with E-state index in [2.05, 4.69) is 13.8 Å². The molecule has 0 aliphatic heterocycles. The van der Waals surface area contributed by atoms with E-state index in [1.54, 1.807) is 6.08 Å². The molecule has 0 aromatic carbocycles. The number of hydrogen-bond acceptors (Lipinski definition) is 1. The highest BCUT2D eigenvalue weighted by Crippen LogP contribution is 2.25. The lowest BCUT2D eigenvalue weighted by molar-refractivity contribution is -0.118. The third-order valence-corrected chi connectivity index (χ3v) is 2.71. The summed E-state index contributed by atoms with van der Waals surface area (Å²) in [4.78, 5) is 11.5. The Balaban J connectivity index is 2.62. The van der Waals surface area contributed by atoms with Gasteiger partial charge in [-0.2, -0.15) is 0 Å². The Morgan fingerprint density at radius 2 is 2.15 bits per heavy atom. The van der Waals surface area contributed by atoms with Crippen molar-refractivity contribution in [1.82, 2.24) is 0 Å². The first kappa shape index (κ1) is 10.2. The molecule has 1 nitrogen and oxygen atoms in total. The average Bonchev–Trinajstić information content (AvgIpc) is 2.16. The van der Waals surface area contributed by atoms with Crippen LogP contribution in [-0.2, 0) is 4.79 Å². The molecule has 1 heteroatoms. The van der Waals surface area contributed by atoms with Crippen LogP contribution in [0.3, 0.4) is 0 Å². The van der Waals surface area contributed by atoms with Crippen molar-refractivity contribution in [3.63, 3.8) is 0 Å². The zero-order chi connectivity index (χ0) is 9.68. The van der Waals surface area contributed by atoms with Crippen LogP contribution in [0.5, 0.6) is 0 Å². The maximum absolute atomic E-state index is 11.5. The van der Waals surface area contributed by atoms with E-state index in [-0.39, 0.29) is 11.7 Å². The highest BCUT2D eigenvalue weighted by molar-refractivity contribution is 5.94. The highest BCUT2D eigenvalue weighted by Gasteiger charge is 2.23. The van der Waals surface area contributed by atoms with Crippen LogP contribution in [0.15, 0.2) is 24.3 Å². The number of rotatable bonds is 4. The Morgan fingerprint density at radius 3 is 2.69 bits per heavy atom. The van der Waals surface area contributed by atoms with E-state index >= 15 is 0 Å². The fraction of sp³-hybridized carbons (Fsp3) is 0.583. The van der Waals surface area contributed by atoms with Crippen LogP contribution in [-0.4, -0.2) is 5.78 Å². The quantitative estimate of drug-likeness (QED) is 0.646. The third-order valence-electron chi connectivity index (χ3n) is 2.71. The van der Waals surface area contributed by atoms with Gasteiger partial charge in [0.1, 0.15) is 0 Å². The third kappa shape index (κ3) is 2.55. The first-order valence-electron chi connectivity index (χ1n) is 5.18. The molecular weight excluding hydrogens is 160 g/mol. The van der Waals surface area contributed by atoms with E-state index in [1.807, 2.05) is 18.2 Å². The zero-order valence-electron chi connectivity index (χ0n) is 8.49. The smallest absolute Gasteiger partial charge is 0.162 e. The summed E-state index contributed by atoms with van der Waals surface area (Å²) in [6.07, 6.45) is 11.0. The molecule has 0 aromatic heterocycles. The Kier molecular flexibility index (Phi) is 3.94. The van der Waals surface area contributed by atoms with E-state index in [1.165, 1.54) is 6.42 Å². The topological polar surface area (TPSA) is 17.1 Å². The molecule has 1 aliphatic rings. The van der Waals surface area contributed by atoms with Gasteiger partial charge >= 0.3 is 0 Å². The lowest BCUT2D eigenvalue weighted by Gasteiger charge is -2.22. The van der Waals surface area contributed by atoms with E-state index in [0.29, 0.717) is 5.92 Å². The highest BCUT2D eigenvalue weighted by atomic mass is 16.1. The van der Waals surface area contributed by atoms with Gasteiger partial charge in [0.25, 0.3) is 0 Å². The molecule has 2 unspecified atom stereocenters. The molecule has 0 amide bonds. The summed E-state index contributed by atoms with van der Waals surface area (Å²) in [5.41, 5.74) is 0. The van der Waals surface area contributed by atoms with Crippen LogP contribution in [0.1, 0.15) is 33.1 Å². The van der Waals surface area contributed by atoms with Crippen molar-refractivity contribution in [2.75, 3.05) is 0 Å². The maximum Gasteiger partial charge on any atom is 0.162 e. The Hall–Kier alpha value is -0.850. The molecule has 0 saturated heterocycles. The summed E-state index contributed by atoms with van der Waals surface area (Å²) in [5.74, 6) is 0.969. The fourth-order valence-electron chi connectivity index (χ4n) is 1.94. The molecule has 0 saturated carbocycles. The Morgan fingerprint density at radius 1 is 1.38 bits per heavy atom. The van der Waals surface area contributed by atoms with Crippen LogP contribution in [0, 0.1) is 11.8 Å². The molecule has 0 spiro atoms. The summed E-state index contributed by atoms with van der Waals surface area (Å²) >= 11 is 0. The van der Waals surface area contributed by atoms with Crippen molar-refractivity contribution in [1.29, 1.82) is 0 Å². The van der Waals surface area contributed by atoms with Crippen molar-refractivity contribution in [3.05, 3.63) is 24.3 Å². The molecule has 2 atom stereocenters. The van der Waals surface area contributed by atoms with Gasteiger partial charge in [0.15, 0.2) is 5.78 Å². The Bertz CT molecular complexity index is 225. The summed E-state index contributed by atoms with van der Waals surface area (Å²) < 4.78 is 0. The van der Waals surface area contributed by atoms with Crippen LogP contribution < -0.4 is 0 Å². The molecule has 13 heavy (non-hydrogen) atoms. The van der Waals surface area contributed by atoms with Crippen LogP contribution in [0.25, 0.3) is 0 Å². The van der Waals surface area contributed by atoms with Gasteiger partial charge in [-0.05, 0) is 18.4 Å². The van der Waals surface area contributed by atoms with E-state index in [9.17, 15) is 4.79 Å². The van der Waals surface area contributed by atoms with Gasteiger partial charge in [0, 0.05) is 5.92 Å². The second-order valence-corrected chi connectivity index (χ2v) is 3.63. The standard InChI is InChI=1S/C12H18O/c1-3-7-10(4-2)11-8-5-6-9-12(11)13/h5-6,8-11H,3-4,7H2,1-2H3. The van der Waals surface area contributed by atoms with Gasteiger partial charge in [-0.3, -0.25) is 4.79 Å². The van der Waals surface area contributed by atoms with Crippen LogP contribution in [0.2, 0.25) is 0 Å².